The first-order valence-electron chi connectivity index (χ1n) is 12.4. The molecule has 5 N–H and O–H groups in total. The van der Waals surface area contributed by atoms with Crippen molar-refractivity contribution in [3.05, 3.63) is 58.7 Å². The summed E-state index contributed by atoms with van der Waals surface area (Å²) in [6.07, 6.45) is -3.93. The number of alkyl halides is 3. The third-order valence-corrected chi connectivity index (χ3v) is 6.58. The van der Waals surface area contributed by atoms with Crippen molar-refractivity contribution in [3.8, 4) is 0 Å². The number of carbonyl (C=O) groups is 3. The minimum Gasteiger partial charge on any atom is -0.398 e. The van der Waals surface area contributed by atoms with Gasteiger partial charge in [-0.15, -0.1) is 0 Å². The maximum absolute atomic E-state index is 13.0. The lowest BCUT2D eigenvalue weighted by molar-refractivity contribution is -0.137. The summed E-state index contributed by atoms with van der Waals surface area (Å²) >= 11 is 4.36. The highest BCUT2D eigenvalue weighted by Crippen LogP contribution is 2.31. The molecule has 0 radical (unpaired) electrons. The molecular formula is C26H33F3N6O3S. The molecule has 2 aromatic rings. The predicted molar refractivity (Wildman–Crippen MR) is 146 cm³/mol. The summed E-state index contributed by atoms with van der Waals surface area (Å²) in [4.78, 5) is 39.3. The van der Waals surface area contributed by atoms with Gasteiger partial charge in [0.1, 0.15) is 0 Å². The van der Waals surface area contributed by atoms with Crippen LogP contribution in [0.1, 0.15) is 47.3 Å². The number of amides is 4. The van der Waals surface area contributed by atoms with Gasteiger partial charge >= 0.3 is 12.2 Å². The average Bonchev–Trinajstić information content (AvgIpc) is 3.28. The highest BCUT2D eigenvalue weighted by atomic mass is 32.1. The van der Waals surface area contributed by atoms with Crippen LogP contribution in [0.2, 0.25) is 0 Å². The second kappa shape index (κ2) is 12.6. The number of anilines is 2. The van der Waals surface area contributed by atoms with Crippen LogP contribution in [0.25, 0.3) is 0 Å². The van der Waals surface area contributed by atoms with E-state index in [2.05, 4.69) is 33.7 Å². The molecule has 2 aromatic carbocycles. The lowest BCUT2D eigenvalue weighted by Gasteiger charge is -2.22. The van der Waals surface area contributed by atoms with Gasteiger partial charge in [-0.2, -0.15) is 13.2 Å². The van der Waals surface area contributed by atoms with Gasteiger partial charge in [0.15, 0.2) is 0 Å². The van der Waals surface area contributed by atoms with Crippen LogP contribution in [-0.2, 0) is 17.5 Å². The molecule has 1 atom stereocenters. The van der Waals surface area contributed by atoms with E-state index < -0.39 is 30.1 Å². The van der Waals surface area contributed by atoms with E-state index in [-0.39, 0.29) is 29.4 Å². The van der Waals surface area contributed by atoms with Crippen LogP contribution < -0.4 is 26.0 Å². The lowest BCUT2D eigenvalue weighted by atomic mass is 10.1. The van der Waals surface area contributed by atoms with E-state index in [0.29, 0.717) is 31.3 Å². The van der Waals surface area contributed by atoms with E-state index in [4.69, 9.17) is 5.73 Å². The Morgan fingerprint density at radius 1 is 1.18 bits per heavy atom. The maximum atomic E-state index is 13.0. The Morgan fingerprint density at radius 2 is 1.90 bits per heavy atom. The van der Waals surface area contributed by atoms with E-state index in [1.54, 1.807) is 0 Å². The van der Waals surface area contributed by atoms with Gasteiger partial charge in [-0.1, -0.05) is 24.9 Å². The number of rotatable bonds is 8. The molecule has 4 amide bonds. The molecule has 1 saturated heterocycles. The first kappa shape index (κ1) is 30.1. The van der Waals surface area contributed by atoms with Gasteiger partial charge in [0.25, 0.3) is 5.91 Å². The molecule has 1 unspecified atom stereocenters. The SMILES string of the molecule is Cc1ccc(CN2CCC(NC(=O)CNC(=O)c3cc(C(F)(F)F)ccc3N)C2)cc1N(S)C(=O)NC(C)C. The maximum Gasteiger partial charge on any atom is 0.416 e. The van der Waals surface area contributed by atoms with Crippen molar-refractivity contribution in [3.63, 3.8) is 0 Å². The smallest absolute Gasteiger partial charge is 0.398 e. The number of nitrogens with two attached hydrogens (primary N) is 1. The largest absolute Gasteiger partial charge is 0.416 e. The molecule has 3 rings (SSSR count). The molecule has 1 heterocycles. The highest BCUT2D eigenvalue weighted by Gasteiger charge is 2.32. The van der Waals surface area contributed by atoms with Crippen LogP contribution in [-0.4, -0.2) is 54.5 Å². The van der Waals surface area contributed by atoms with Gasteiger partial charge in [0.2, 0.25) is 5.91 Å². The zero-order valence-corrected chi connectivity index (χ0v) is 22.8. The minimum absolute atomic E-state index is 0.0283. The summed E-state index contributed by atoms with van der Waals surface area (Å²) in [5.74, 6) is -1.32. The van der Waals surface area contributed by atoms with Crippen molar-refractivity contribution < 1.29 is 27.6 Å². The third kappa shape index (κ3) is 8.27. The Bertz CT molecular complexity index is 1220. The van der Waals surface area contributed by atoms with Gasteiger partial charge < -0.3 is 21.7 Å². The summed E-state index contributed by atoms with van der Waals surface area (Å²) in [5.41, 5.74) is 6.74. The van der Waals surface area contributed by atoms with Crippen LogP contribution in [0.3, 0.4) is 0 Å². The lowest BCUT2D eigenvalue weighted by Crippen LogP contribution is -2.43. The molecular weight excluding hydrogens is 533 g/mol. The molecule has 9 nitrogen and oxygen atoms in total. The van der Waals surface area contributed by atoms with E-state index in [1.165, 1.54) is 4.31 Å². The molecule has 39 heavy (non-hydrogen) atoms. The fraction of sp³-hybridized carbons (Fsp3) is 0.423. The molecule has 1 fully saturated rings. The summed E-state index contributed by atoms with van der Waals surface area (Å²) in [6, 6.07) is 7.76. The monoisotopic (exact) mass is 566 g/mol. The van der Waals surface area contributed by atoms with E-state index in [9.17, 15) is 27.6 Å². The van der Waals surface area contributed by atoms with Gasteiger partial charge in [0.05, 0.1) is 23.4 Å². The van der Waals surface area contributed by atoms with E-state index in [1.807, 2.05) is 39.0 Å². The number of halogens is 3. The standard InChI is InChI=1S/C26H33F3N6O3S/c1-15(2)32-25(38)35(39)22-10-17(5-4-16(22)3)13-34-9-8-19(14-34)33-23(36)12-31-24(37)20-11-18(26(27,28)29)6-7-21(20)30/h4-7,10-11,15,19,39H,8-9,12-14,30H2,1-3H3,(H,31,37)(H,32,38)(H,33,36). The second-order valence-electron chi connectivity index (χ2n) is 9.81. The number of hydrogen-bond donors (Lipinski definition) is 5. The Morgan fingerprint density at radius 3 is 2.56 bits per heavy atom. The fourth-order valence-electron chi connectivity index (χ4n) is 4.22. The van der Waals surface area contributed by atoms with Gasteiger partial charge in [-0.3, -0.25) is 14.5 Å². The summed E-state index contributed by atoms with van der Waals surface area (Å²) in [7, 11) is 0. The van der Waals surface area contributed by atoms with Gasteiger partial charge in [0, 0.05) is 37.4 Å². The van der Waals surface area contributed by atoms with Crippen molar-refractivity contribution in [2.24, 2.45) is 0 Å². The number of nitrogens with zero attached hydrogens (tertiary/aromatic N) is 2. The number of aryl methyl sites for hydroxylation is 1. The number of hydrogen-bond acceptors (Lipinski definition) is 6. The van der Waals surface area contributed by atoms with E-state index >= 15 is 0 Å². The Labute approximate surface area is 230 Å². The van der Waals surface area contributed by atoms with Gasteiger partial charge in [-0.05, 0) is 62.6 Å². The Balaban J connectivity index is 1.51. The molecule has 1 aliphatic heterocycles. The zero-order chi connectivity index (χ0) is 28.9. The highest BCUT2D eigenvalue weighted by molar-refractivity contribution is 7.82. The number of likely N-dealkylation sites (tertiary alicyclic amines) is 1. The molecule has 0 saturated carbocycles. The number of nitrogen functional groups attached to an aromatic ring is 1. The summed E-state index contributed by atoms with van der Waals surface area (Å²) in [6.45, 7) is 7.12. The molecule has 1 aliphatic rings. The van der Waals surface area contributed by atoms with E-state index in [0.717, 1.165) is 29.8 Å². The topological polar surface area (TPSA) is 120 Å². The number of benzene rings is 2. The van der Waals surface area contributed by atoms with Crippen LogP contribution in [0.4, 0.5) is 29.3 Å². The normalized spacial score (nSPS) is 15.7. The van der Waals surface area contributed by atoms with Crippen molar-refractivity contribution in [2.45, 2.75) is 52.0 Å². The average molecular weight is 567 g/mol. The molecule has 212 valence electrons. The molecule has 0 spiro atoms. The van der Waals surface area contributed by atoms with Crippen molar-refractivity contribution in [1.29, 1.82) is 0 Å². The Hall–Kier alpha value is -3.45. The molecule has 13 heteroatoms. The zero-order valence-electron chi connectivity index (χ0n) is 21.9. The quantitative estimate of drug-likeness (QED) is 0.248. The summed E-state index contributed by atoms with van der Waals surface area (Å²) in [5, 5.41) is 7.98. The summed E-state index contributed by atoms with van der Waals surface area (Å²) < 4.78 is 40.2. The van der Waals surface area contributed by atoms with Crippen molar-refractivity contribution in [2.75, 3.05) is 29.7 Å². The van der Waals surface area contributed by atoms with Gasteiger partial charge in [-0.25, -0.2) is 9.10 Å². The predicted octanol–water partition coefficient (Wildman–Crippen LogP) is 3.49. The van der Waals surface area contributed by atoms with Crippen LogP contribution >= 0.6 is 12.8 Å². The minimum atomic E-state index is -4.62. The van der Waals surface area contributed by atoms with Crippen LogP contribution in [0.5, 0.6) is 0 Å². The third-order valence-electron chi connectivity index (χ3n) is 6.18. The van der Waals surface area contributed by atoms with Crippen LogP contribution in [0.15, 0.2) is 36.4 Å². The number of thiol groups is 1. The second-order valence-corrected chi connectivity index (χ2v) is 10.2. The van der Waals surface area contributed by atoms with Crippen LogP contribution in [0, 0.1) is 6.92 Å². The molecule has 0 aromatic heterocycles. The molecule has 0 aliphatic carbocycles. The first-order valence-corrected chi connectivity index (χ1v) is 12.8. The fourth-order valence-corrected chi connectivity index (χ4v) is 4.49. The molecule has 0 bridgehead atoms. The number of urea groups is 1. The number of carbonyl (C=O) groups excluding carboxylic acids is 3. The number of nitrogens with one attached hydrogen (secondary N) is 3. The van der Waals surface area contributed by atoms with Crippen molar-refractivity contribution in [1.82, 2.24) is 20.9 Å². The first-order chi connectivity index (χ1) is 18.2. The Kier molecular flexibility index (Phi) is 9.73. The van der Waals surface area contributed by atoms with Crippen molar-refractivity contribution >= 4 is 42.0 Å².